The van der Waals surface area contributed by atoms with Gasteiger partial charge >= 0.3 is 0 Å². The molecular formula is C12H22N2. The Hall–Kier alpha value is -0.340. The van der Waals surface area contributed by atoms with Crippen molar-refractivity contribution in [3.8, 4) is 0 Å². The summed E-state index contributed by atoms with van der Waals surface area (Å²) in [6, 6.07) is 0. The second-order valence-electron chi connectivity index (χ2n) is 4.65. The molecule has 3 rings (SSSR count). The molecule has 1 unspecified atom stereocenters. The monoisotopic (exact) mass is 194 g/mol. The SMILES string of the molecule is C=C1C2CCN(CC2)CC1CNCC. The van der Waals surface area contributed by atoms with Gasteiger partial charge in [0, 0.05) is 19.0 Å². The molecule has 0 saturated carbocycles. The molecular weight excluding hydrogens is 172 g/mol. The molecule has 3 fully saturated rings. The Balaban J connectivity index is 1.99. The predicted octanol–water partition coefficient (Wildman–Crippen LogP) is 1.49. The van der Waals surface area contributed by atoms with Gasteiger partial charge in [-0.15, -0.1) is 0 Å². The van der Waals surface area contributed by atoms with Crippen molar-refractivity contribution in [3.05, 3.63) is 12.2 Å². The average molecular weight is 194 g/mol. The summed E-state index contributed by atoms with van der Waals surface area (Å²) in [6.45, 7) is 12.5. The Morgan fingerprint density at radius 3 is 2.79 bits per heavy atom. The molecule has 0 amide bonds. The highest BCUT2D eigenvalue weighted by Gasteiger charge is 2.31. The quantitative estimate of drug-likeness (QED) is 0.685. The van der Waals surface area contributed by atoms with Crippen molar-refractivity contribution in [2.45, 2.75) is 19.8 Å². The van der Waals surface area contributed by atoms with E-state index in [1.54, 1.807) is 0 Å². The van der Waals surface area contributed by atoms with Crippen LogP contribution in [0.1, 0.15) is 19.8 Å². The fourth-order valence-electron chi connectivity index (χ4n) is 2.76. The molecule has 0 aromatic rings. The van der Waals surface area contributed by atoms with E-state index in [9.17, 15) is 0 Å². The molecule has 3 saturated heterocycles. The van der Waals surface area contributed by atoms with E-state index in [4.69, 9.17) is 0 Å². The van der Waals surface area contributed by atoms with Crippen LogP contribution in [0.4, 0.5) is 0 Å². The van der Waals surface area contributed by atoms with E-state index in [2.05, 4.69) is 23.7 Å². The Labute approximate surface area is 87.4 Å². The summed E-state index contributed by atoms with van der Waals surface area (Å²) in [7, 11) is 0. The van der Waals surface area contributed by atoms with Gasteiger partial charge in [0.1, 0.15) is 0 Å². The number of hydrogen-bond acceptors (Lipinski definition) is 2. The van der Waals surface area contributed by atoms with Gasteiger partial charge in [-0.2, -0.15) is 0 Å². The lowest BCUT2D eigenvalue weighted by molar-refractivity contribution is 0.219. The van der Waals surface area contributed by atoms with E-state index in [0.717, 1.165) is 19.0 Å². The summed E-state index contributed by atoms with van der Waals surface area (Å²) >= 11 is 0. The van der Waals surface area contributed by atoms with Crippen molar-refractivity contribution in [1.82, 2.24) is 10.2 Å². The summed E-state index contributed by atoms with van der Waals surface area (Å²) in [6.07, 6.45) is 2.70. The summed E-state index contributed by atoms with van der Waals surface area (Å²) in [5.74, 6) is 1.52. The third-order valence-corrected chi connectivity index (χ3v) is 3.76. The largest absolute Gasteiger partial charge is 0.316 e. The van der Waals surface area contributed by atoms with Gasteiger partial charge in [0.25, 0.3) is 0 Å². The predicted molar refractivity (Wildman–Crippen MR) is 60.3 cm³/mol. The number of rotatable bonds is 3. The second kappa shape index (κ2) is 4.45. The van der Waals surface area contributed by atoms with Gasteiger partial charge in [-0.25, -0.2) is 0 Å². The molecule has 0 radical (unpaired) electrons. The second-order valence-corrected chi connectivity index (χ2v) is 4.65. The Bertz CT molecular complexity index is 204. The highest BCUT2D eigenvalue weighted by atomic mass is 15.1. The molecule has 1 N–H and O–H groups in total. The van der Waals surface area contributed by atoms with E-state index in [-0.39, 0.29) is 0 Å². The highest BCUT2D eigenvalue weighted by molar-refractivity contribution is 5.11. The van der Waals surface area contributed by atoms with E-state index in [1.165, 1.54) is 38.0 Å². The van der Waals surface area contributed by atoms with Crippen molar-refractivity contribution in [1.29, 1.82) is 0 Å². The summed E-state index contributed by atoms with van der Waals surface area (Å²) in [5, 5.41) is 3.46. The van der Waals surface area contributed by atoms with Gasteiger partial charge in [0.15, 0.2) is 0 Å². The number of piperidine rings is 1. The first-order chi connectivity index (χ1) is 6.81. The maximum Gasteiger partial charge on any atom is 0.00592 e. The van der Waals surface area contributed by atoms with Gasteiger partial charge < -0.3 is 10.2 Å². The molecule has 0 aromatic carbocycles. The molecule has 2 bridgehead atoms. The number of fused-ring (bicyclic) bond motifs is 4. The standard InChI is InChI=1S/C12H22N2/c1-3-13-8-12-9-14-6-4-11(5-7-14)10(12)2/h11-13H,2-9H2,1H3. The van der Waals surface area contributed by atoms with Gasteiger partial charge in [-0.3, -0.25) is 0 Å². The maximum atomic E-state index is 4.32. The molecule has 0 aliphatic carbocycles. The molecule has 3 aliphatic rings. The summed E-state index contributed by atoms with van der Waals surface area (Å²) in [5.41, 5.74) is 1.52. The van der Waals surface area contributed by atoms with Crippen molar-refractivity contribution >= 4 is 0 Å². The fourth-order valence-corrected chi connectivity index (χ4v) is 2.76. The number of hydrogen-bond donors (Lipinski definition) is 1. The van der Waals surface area contributed by atoms with Gasteiger partial charge in [-0.05, 0) is 38.4 Å². The van der Waals surface area contributed by atoms with Gasteiger partial charge in [0.2, 0.25) is 0 Å². The first-order valence-electron chi connectivity index (χ1n) is 5.93. The van der Waals surface area contributed by atoms with Crippen LogP contribution in [0.3, 0.4) is 0 Å². The minimum Gasteiger partial charge on any atom is -0.316 e. The first kappa shape index (κ1) is 10.2. The van der Waals surface area contributed by atoms with Crippen molar-refractivity contribution in [2.75, 3.05) is 32.7 Å². The van der Waals surface area contributed by atoms with Crippen molar-refractivity contribution < 1.29 is 0 Å². The zero-order valence-electron chi connectivity index (χ0n) is 9.26. The molecule has 1 atom stereocenters. The van der Waals surface area contributed by atoms with E-state index < -0.39 is 0 Å². The smallest absolute Gasteiger partial charge is 0.00592 e. The zero-order chi connectivity index (χ0) is 9.97. The Kier molecular flexibility index (Phi) is 3.24. The molecule has 0 spiro atoms. The van der Waals surface area contributed by atoms with Crippen LogP contribution in [0.5, 0.6) is 0 Å². The van der Waals surface area contributed by atoms with Crippen LogP contribution in [-0.4, -0.2) is 37.6 Å². The zero-order valence-corrected chi connectivity index (χ0v) is 9.26. The third-order valence-electron chi connectivity index (χ3n) is 3.76. The van der Waals surface area contributed by atoms with Crippen LogP contribution < -0.4 is 5.32 Å². The molecule has 0 aromatic heterocycles. The topological polar surface area (TPSA) is 15.3 Å². The highest BCUT2D eigenvalue weighted by Crippen LogP contribution is 2.33. The minimum absolute atomic E-state index is 0.699. The van der Waals surface area contributed by atoms with E-state index in [1.807, 2.05) is 0 Å². The van der Waals surface area contributed by atoms with Crippen LogP contribution in [0.2, 0.25) is 0 Å². The normalized spacial score (nSPS) is 37.2. The van der Waals surface area contributed by atoms with Crippen LogP contribution >= 0.6 is 0 Å². The third kappa shape index (κ3) is 2.01. The molecule has 14 heavy (non-hydrogen) atoms. The van der Waals surface area contributed by atoms with E-state index >= 15 is 0 Å². The average Bonchev–Trinajstić information content (AvgIpc) is 2.46. The van der Waals surface area contributed by atoms with E-state index in [0.29, 0.717) is 5.92 Å². The Morgan fingerprint density at radius 1 is 1.43 bits per heavy atom. The van der Waals surface area contributed by atoms with Crippen LogP contribution in [0.25, 0.3) is 0 Å². The van der Waals surface area contributed by atoms with Crippen molar-refractivity contribution in [3.63, 3.8) is 0 Å². The Morgan fingerprint density at radius 2 is 2.14 bits per heavy atom. The molecule has 2 heteroatoms. The number of nitrogens with zero attached hydrogens (tertiary/aromatic N) is 1. The molecule has 3 aliphatic heterocycles. The molecule has 2 nitrogen and oxygen atoms in total. The minimum atomic E-state index is 0.699. The van der Waals surface area contributed by atoms with Crippen LogP contribution in [0, 0.1) is 11.8 Å². The maximum absolute atomic E-state index is 4.32. The summed E-state index contributed by atoms with van der Waals surface area (Å²) < 4.78 is 0. The van der Waals surface area contributed by atoms with Gasteiger partial charge in [0.05, 0.1) is 0 Å². The lowest BCUT2D eigenvalue weighted by atomic mass is 9.86. The molecule has 80 valence electrons. The van der Waals surface area contributed by atoms with Gasteiger partial charge in [-0.1, -0.05) is 19.1 Å². The van der Waals surface area contributed by atoms with Crippen LogP contribution in [0.15, 0.2) is 12.2 Å². The number of nitrogens with one attached hydrogen (secondary N) is 1. The van der Waals surface area contributed by atoms with Crippen molar-refractivity contribution in [2.24, 2.45) is 11.8 Å². The first-order valence-corrected chi connectivity index (χ1v) is 5.93. The lowest BCUT2D eigenvalue weighted by Gasteiger charge is -2.26. The lowest BCUT2D eigenvalue weighted by Crippen LogP contribution is -2.34. The fraction of sp³-hybridized carbons (Fsp3) is 0.833. The van der Waals surface area contributed by atoms with Crippen LogP contribution in [-0.2, 0) is 0 Å². The molecule has 3 heterocycles. The summed E-state index contributed by atoms with van der Waals surface area (Å²) in [4.78, 5) is 2.61.